The molecule has 0 N–H and O–H groups in total. The topological polar surface area (TPSA) is 18.0 Å². The number of hydrogen-bond acceptors (Lipinski definition) is 1. The van der Waals surface area contributed by atoms with Crippen molar-refractivity contribution in [2.24, 2.45) is 0 Å². The molecule has 3 nitrogen and oxygen atoms in total. The molecule has 0 fully saturated rings. The van der Waals surface area contributed by atoms with E-state index in [9.17, 15) is 0 Å². The number of nitrogens with zero attached hydrogens (tertiary/aromatic N) is 2. The van der Waals surface area contributed by atoms with E-state index >= 15 is 0 Å². The molecular formula is C21H25BrN2O. The van der Waals surface area contributed by atoms with E-state index in [2.05, 4.69) is 58.2 Å². The maximum Gasteiger partial charge on any atom is 0.243 e. The molecule has 3 rings (SSSR count). The van der Waals surface area contributed by atoms with Gasteiger partial charge in [0.2, 0.25) is 6.33 Å². The third-order valence-electron chi connectivity index (χ3n) is 4.07. The summed E-state index contributed by atoms with van der Waals surface area (Å²) in [4.78, 5) is 0. The minimum absolute atomic E-state index is 0. The second-order valence-corrected chi connectivity index (χ2v) is 5.99. The summed E-state index contributed by atoms with van der Waals surface area (Å²) >= 11 is 0. The molecule has 3 aromatic rings. The van der Waals surface area contributed by atoms with Crippen LogP contribution in [-0.4, -0.2) is 11.2 Å². The van der Waals surface area contributed by atoms with E-state index < -0.39 is 0 Å². The number of hydrogen-bond donors (Lipinski definition) is 0. The lowest BCUT2D eigenvalue weighted by Gasteiger charge is -2.04. The fourth-order valence-electron chi connectivity index (χ4n) is 2.71. The summed E-state index contributed by atoms with van der Waals surface area (Å²) in [5.41, 5.74) is 1.39. The summed E-state index contributed by atoms with van der Waals surface area (Å²) in [6, 6.07) is 20.6. The minimum Gasteiger partial charge on any atom is -1.00 e. The summed E-state index contributed by atoms with van der Waals surface area (Å²) in [6.45, 7) is 2.84. The average Bonchev–Trinajstić information content (AvgIpc) is 3.09. The van der Waals surface area contributed by atoms with Gasteiger partial charge in [0.05, 0.1) is 19.7 Å². The Hall–Kier alpha value is -2.07. The highest BCUT2D eigenvalue weighted by Crippen LogP contribution is 2.08. The van der Waals surface area contributed by atoms with Crippen LogP contribution in [0.1, 0.15) is 18.4 Å². The van der Waals surface area contributed by atoms with Gasteiger partial charge >= 0.3 is 0 Å². The molecule has 0 unspecified atom stereocenters. The third-order valence-corrected chi connectivity index (χ3v) is 4.07. The van der Waals surface area contributed by atoms with Gasteiger partial charge in [-0.2, -0.15) is 0 Å². The number of unbranched alkanes of at least 4 members (excludes halogenated alkanes) is 1. The fraction of sp³-hybridized carbons (Fsp3) is 0.286. The first-order valence-corrected chi connectivity index (χ1v) is 8.67. The van der Waals surface area contributed by atoms with Gasteiger partial charge in [0, 0.05) is 6.42 Å². The van der Waals surface area contributed by atoms with Crippen LogP contribution in [0.5, 0.6) is 5.75 Å². The predicted octanol–water partition coefficient (Wildman–Crippen LogP) is 0.882. The molecule has 132 valence electrons. The second-order valence-electron chi connectivity index (χ2n) is 5.99. The van der Waals surface area contributed by atoms with Crippen molar-refractivity contribution in [1.82, 2.24) is 4.57 Å². The van der Waals surface area contributed by atoms with Crippen LogP contribution in [-0.2, 0) is 19.5 Å². The van der Waals surface area contributed by atoms with Crippen molar-refractivity contribution < 1.29 is 26.3 Å². The molecule has 0 atom stereocenters. The lowest BCUT2D eigenvalue weighted by molar-refractivity contribution is -0.696. The van der Waals surface area contributed by atoms with Gasteiger partial charge < -0.3 is 21.7 Å². The number of ether oxygens (including phenoxy) is 1. The molecule has 0 radical (unpaired) electrons. The Morgan fingerprint density at radius 3 is 2.36 bits per heavy atom. The highest BCUT2D eigenvalue weighted by Gasteiger charge is 2.04. The molecular weight excluding hydrogens is 376 g/mol. The van der Waals surface area contributed by atoms with Crippen molar-refractivity contribution in [3.63, 3.8) is 0 Å². The molecule has 4 heteroatoms. The van der Waals surface area contributed by atoms with Crippen molar-refractivity contribution >= 4 is 0 Å². The van der Waals surface area contributed by atoms with Crippen molar-refractivity contribution in [3.8, 4) is 5.75 Å². The van der Waals surface area contributed by atoms with E-state index in [-0.39, 0.29) is 17.0 Å². The number of rotatable bonds is 9. The normalized spacial score (nSPS) is 10.2. The van der Waals surface area contributed by atoms with E-state index in [1.807, 2.05) is 30.3 Å². The summed E-state index contributed by atoms with van der Waals surface area (Å²) in [5, 5.41) is 0. The first-order chi connectivity index (χ1) is 11.9. The van der Waals surface area contributed by atoms with E-state index in [4.69, 9.17) is 4.74 Å². The minimum atomic E-state index is 0. The van der Waals surface area contributed by atoms with Crippen LogP contribution in [0.3, 0.4) is 0 Å². The predicted molar refractivity (Wildman–Crippen MR) is 95.9 cm³/mol. The highest BCUT2D eigenvalue weighted by atomic mass is 79.9. The SMILES string of the molecule is [Br-].c1ccc(CCn2cc[n+](CCCCOc3ccccc3)c2)cc1. The van der Waals surface area contributed by atoms with Crippen LogP contribution in [0.25, 0.3) is 0 Å². The molecule has 0 aliphatic carbocycles. The number of aryl methyl sites for hydroxylation is 3. The van der Waals surface area contributed by atoms with Crippen LogP contribution in [0.2, 0.25) is 0 Å². The summed E-state index contributed by atoms with van der Waals surface area (Å²) < 4.78 is 10.2. The summed E-state index contributed by atoms with van der Waals surface area (Å²) in [6.07, 6.45) is 9.77. The van der Waals surface area contributed by atoms with Crippen LogP contribution >= 0.6 is 0 Å². The molecule has 0 aliphatic rings. The number of benzene rings is 2. The molecule has 0 bridgehead atoms. The van der Waals surface area contributed by atoms with Gasteiger partial charge in [0.25, 0.3) is 0 Å². The zero-order valence-electron chi connectivity index (χ0n) is 14.4. The smallest absolute Gasteiger partial charge is 0.243 e. The summed E-state index contributed by atoms with van der Waals surface area (Å²) in [5.74, 6) is 0.956. The number of halogens is 1. The lowest BCUT2D eigenvalue weighted by atomic mass is 10.1. The van der Waals surface area contributed by atoms with E-state index in [1.165, 1.54) is 5.56 Å². The maximum absolute atomic E-state index is 5.72. The van der Waals surface area contributed by atoms with Crippen molar-refractivity contribution in [3.05, 3.63) is 84.9 Å². The van der Waals surface area contributed by atoms with Crippen LogP contribution in [0.4, 0.5) is 0 Å². The highest BCUT2D eigenvalue weighted by molar-refractivity contribution is 5.20. The van der Waals surface area contributed by atoms with E-state index in [0.29, 0.717) is 0 Å². The Balaban J connectivity index is 0.00000225. The molecule has 1 heterocycles. The standard InChI is InChI=1S/C21H25N2O.BrH/c1-3-9-20(10-4-1)13-15-23-17-16-22(19-23)14-7-8-18-24-21-11-5-2-6-12-21;/h1-6,9-12,16-17,19H,7-8,13-15,18H2;1H/q+1;/p-1. The average molecular weight is 401 g/mol. The quantitative estimate of drug-likeness (QED) is 0.385. The molecule has 0 aliphatic heterocycles. The molecule has 0 amide bonds. The van der Waals surface area contributed by atoms with Crippen LogP contribution in [0.15, 0.2) is 79.4 Å². The Morgan fingerprint density at radius 1 is 0.880 bits per heavy atom. The van der Waals surface area contributed by atoms with E-state index in [1.54, 1.807) is 0 Å². The third kappa shape index (κ3) is 6.75. The maximum atomic E-state index is 5.72. The van der Waals surface area contributed by atoms with Crippen LogP contribution in [0, 0.1) is 0 Å². The Bertz CT molecular complexity index is 713. The molecule has 25 heavy (non-hydrogen) atoms. The molecule has 0 saturated carbocycles. The molecule has 0 saturated heterocycles. The summed E-state index contributed by atoms with van der Waals surface area (Å²) in [7, 11) is 0. The first kappa shape index (κ1) is 19.3. The van der Waals surface area contributed by atoms with Crippen molar-refractivity contribution in [2.45, 2.75) is 32.4 Å². The Labute approximate surface area is 160 Å². The van der Waals surface area contributed by atoms with Crippen molar-refractivity contribution in [2.75, 3.05) is 6.61 Å². The van der Waals surface area contributed by atoms with Crippen molar-refractivity contribution in [1.29, 1.82) is 0 Å². The number of imidazole rings is 1. The van der Waals surface area contributed by atoms with Gasteiger partial charge in [-0.15, -0.1) is 0 Å². The first-order valence-electron chi connectivity index (χ1n) is 8.67. The van der Waals surface area contributed by atoms with Gasteiger partial charge in [-0.05, 0) is 30.5 Å². The lowest BCUT2D eigenvalue weighted by Crippen LogP contribution is -3.00. The number of aromatic nitrogens is 2. The van der Waals surface area contributed by atoms with Gasteiger partial charge in [0.1, 0.15) is 18.1 Å². The van der Waals surface area contributed by atoms with Crippen LogP contribution < -0.4 is 26.3 Å². The van der Waals surface area contributed by atoms with Gasteiger partial charge in [-0.3, -0.25) is 0 Å². The zero-order valence-corrected chi connectivity index (χ0v) is 16.0. The van der Waals surface area contributed by atoms with Gasteiger partial charge in [-0.1, -0.05) is 48.5 Å². The molecule has 2 aromatic carbocycles. The molecule has 0 spiro atoms. The van der Waals surface area contributed by atoms with E-state index in [0.717, 1.165) is 44.7 Å². The monoisotopic (exact) mass is 400 g/mol. The largest absolute Gasteiger partial charge is 1.00 e. The fourth-order valence-corrected chi connectivity index (χ4v) is 2.71. The van der Waals surface area contributed by atoms with Gasteiger partial charge in [-0.25, -0.2) is 9.13 Å². The Morgan fingerprint density at radius 2 is 1.60 bits per heavy atom. The number of para-hydroxylation sites is 1. The van der Waals surface area contributed by atoms with Gasteiger partial charge in [0.15, 0.2) is 0 Å². The zero-order chi connectivity index (χ0) is 16.5. The Kier molecular flexibility index (Phi) is 8.26. The second kappa shape index (κ2) is 10.7. The molecule has 1 aromatic heterocycles.